The number of rotatable bonds is 5. The molecule has 1 atom stereocenters. The van der Waals surface area contributed by atoms with Crippen molar-refractivity contribution in [2.24, 2.45) is 5.16 Å². The lowest BCUT2D eigenvalue weighted by Crippen LogP contribution is -2.19. The Kier molecular flexibility index (Phi) is 5.50. The molecule has 0 aliphatic carbocycles. The summed E-state index contributed by atoms with van der Waals surface area (Å²) in [4.78, 5) is 9.21. The third kappa shape index (κ3) is 4.37. The summed E-state index contributed by atoms with van der Waals surface area (Å²) in [6, 6.07) is 5.68. The minimum Gasteiger partial charge on any atom is -0.386 e. The normalized spacial score (nSPS) is 17.2. The standard InChI is InChI=1S/C16H14ClF3N4O3S/c1-21-28(25,26)11-6-12(13-7-14(17)24-27-13)15(22-8-11)23-10-4-2-9(3-5-10)16(18,19)20/h2-6,8,13,21H,7H2,1H3,(H,22,23)/t13-/m0/s1. The minimum atomic E-state index is -4.45. The van der Waals surface area contributed by atoms with Crippen LogP contribution in [0.4, 0.5) is 24.7 Å². The van der Waals surface area contributed by atoms with Crippen molar-refractivity contribution in [1.29, 1.82) is 0 Å². The van der Waals surface area contributed by atoms with E-state index in [0.717, 1.165) is 18.3 Å². The maximum Gasteiger partial charge on any atom is 0.416 e. The van der Waals surface area contributed by atoms with Gasteiger partial charge in [-0.15, -0.1) is 0 Å². The van der Waals surface area contributed by atoms with E-state index in [2.05, 4.69) is 20.2 Å². The largest absolute Gasteiger partial charge is 0.416 e. The molecule has 0 radical (unpaired) electrons. The second-order valence-electron chi connectivity index (χ2n) is 5.78. The molecule has 1 aliphatic rings. The van der Waals surface area contributed by atoms with Gasteiger partial charge in [-0.3, -0.25) is 0 Å². The van der Waals surface area contributed by atoms with E-state index < -0.39 is 27.9 Å². The van der Waals surface area contributed by atoms with Crippen LogP contribution in [0.2, 0.25) is 0 Å². The topological polar surface area (TPSA) is 92.7 Å². The fourth-order valence-electron chi connectivity index (χ4n) is 2.47. The third-order valence-corrected chi connectivity index (χ3v) is 5.53. The van der Waals surface area contributed by atoms with Gasteiger partial charge in [-0.25, -0.2) is 18.1 Å². The van der Waals surface area contributed by atoms with Crippen molar-refractivity contribution in [1.82, 2.24) is 9.71 Å². The van der Waals surface area contributed by atoms with Crippen LogP contribution in [0.1, 0.15) is 23.7 Å². The number of nitrogens with zero attached hydrogens (tertiary/aromatic N) is 2. The number of hydrogen-bond acceptors (Lipinski definition) is 6. The molecule has 0 bridgehead atoms. The van der Waals surface area contributed by atoms with Crippen LogP contribution in [0, 0.1) is 0 Å². The molecule has 2 heterocycles. The highest BCUT2D eigenvalue weighted by Crippen LogP contribution is 2.35. The van der Waals surface area contributed by atoms with Crippen molar-refractivity contribution < 1.29 is 26.4 Å². The van der Waals surface area contributed by atoms with Crippen LogP contribution >= 0.6 is 11.6 Å². The van der Waals surface area contributed by atoms with Gasteiger partial charge in [0.2, 0.25) is 10.0 Å². The third-order valence-electron chi connectivity index (χ3n) is 3.93. The van der Waals surface area contributed by atoms with Crippen LogP contribution in [0.25, 0.3) is 0 Å². The first-order chi connectivity index (χ1) is 13.1. The molecule has 0 spiro atoms. The number of oxime groups is 1. The number of nitrogens with one attached hydrogen (secondary N) is 2. The lowest BCUT2D eigenvalue weighted by Gasteiger charge is -2.16. The molecule has 0 fully saturated rings. The molecule has 1 aliphatic heterocycles. The summed E-state index contributed by atoms with van der Waals surface area (Å²) in [6.07, 6.45) is -3.81. The van der Waals surface area contributed by atoms with Crippen molar-refractivity contribution in [3.8, 4) is 0 Å². The zero-order valence-electron chi connectivity index (χ0n) is 14.3. The van der Waals surface area contributed by atoms with Gasteiger partial charge in [0.05, 0.1) is 5.56 Å². The van der Waals surface area contributed by atoms with Gasteiger partial charge in [0.1, 0.15) is 15.9 Å². The van der Waals surface area contributed by atoms with E-state index in [1.165, 1.54) is 25.2 Å². The molecule has 2 N–H and O–H groups in total. The Morgan fingerprint density at radius 2 is 1.93 bits per heavy atom. The quantitative estimate of drug-likeness (QED) is 0.747. The number of hydrogen-bond donors (Lipinski definition) is 2. The Bertz CT molecular complexity index is 1010. The number of alkyl halides is 3. The molecule has 1 aromatic heterocycles. The van der Waals surface area contributed by atoms with Crippen molar-refractivity contribution in [2.45, 2.75) is 23.6 Å². The number of sulfonamides is 1. The summed E-state index contributed by atoms with van der Waals surface area (Å²) in [5, 5.41) is 6.70. The van der Waals surface area contributed by atoms with Gasteiger partial charge in [-0.2, -0.15) is 13.2 Å². The molecule has 12 heteroatoms. The van der Waals surface area contributed by atoms with Crippen molar-refractivity contribution in [3.05, 3.63) is 47.7 Å². The van der Waals surface area contributed by atoms with Crippen molar-refractivity contribution >= 4 is 38.3 Å². The Balaban J connectivity index is 1.95. The predicted octanol–water partition coefficient (Wildman–Crippen LogP) is 3.77. The summed E-state index contributed by atoms with van der Waals surface area (Å²) in [7, 11) is -2.51. The molecule has 0 amide bonds. The molecule has 7 nitrogen and oxygen atoms in total. The first-order valence-electron chi connectivity index (χ1n) is 7.86. The molecule has 0 unspecified atom stereocenters. The average Bonchev–Trinajstić information content (AvgIpc) is 3.08. The monoisotopic (exact) mass is 434 g/mol. The number of halogens is 4. The lowest BCUT2D eigenvalue weighted by molar-refractivity contribution is -0.137. The first kappa shape index (κ1) is 20.4. The van der Waals surface area contributed by atoms with Gasteiger partial charge >= 0.3 is 6.18 Å². The molecule has 2 aromatic rings. The van der Waals surface area contributed by atoms with E-state index in [4.69, 9.17) is 16.4 Å². The predicted molar refractivity (Wildman–Crippen MR) is 96.9 cm³/mol. The highest BCUT2D eigenvalue weighted by molar-refractivity contribution is 7.89. The zero-order valence-corrected chi connectivity index (χ0v) is 15.9. The summed E-state index contributed by atoms with van der Waals surface area (Å²) in [5.41, 5.74) is -0.118. The highest BCUT2D eigenvalue weighted by atomic mass is 35.5. The van der Waals surface area contributed by atoms with E-state index >= 15 is 0 Å². The number of pyridine rings is 1. The molecule has 28 heavy (non-hydrogen) atoms. The Labute approximate surface area is 163 Å². The number of benzene rings is 1. The van der Waals surface area contributed by atoms with E-state index in [-0.39, 0.29) is 22.3 Å². The maximum absolute atomic E-state index is 12.7. The smallest absolute Gasteiger partial charge is 0.386 e. The van der Waals surface area contributed by atoms with Crippen LogP contribution in [-0.2, 0) is 21.0 Å². The molecule has 0 saturated carbocycles. The van der Waals surface area contributed by atoms with Crippen LogP contribution in [0.3, 0.4) is 0 Å². The summed E-state index contributed by atoms with van der Waals surface area (Å²) < 4.78 is 64.4. The summed E-state index contributed by atoms with van der Waals surface area (Å²) in [5.74, 6) is 0.210. The minimum absolute atomic E-state index is 0.102. The van der Waals surface area contributed by atoms with E-state index in [0.29, 0.717) is 11.3 Å². The van der Waals surface area contributed by atoms with Gasteiger partial charge in [-0.05, 0) is 37.4 Å². The Morgan fingerprint density at radius 3 is 2.46 bits per heavy atom. The van der Waals surface area contributed by atoms with Gasteiger partial charge in [0.15, 0.2) is 6.10 Å². The van der Waals surface area contributed by atoms with Crippen molar-refractivity contribution in [3.63, 3.8) is 0 Å². The molecule has 3 rings (SSSR count). The van der Waals surface area contributed by atoms with Gasteiger partial charge < -0.3 is 10.2 Å². The summed E-state index contributed by atoms with van der Waals surface area (Å²) >= 11 is 5.83. The highest BCUT2D eigenvalue weighted by Gasteiger charge is 2.30. The lowest BCUT2D eigenvalue weighted by atomic mass is 10.1. The van der Waals surface area contributed by atoms with Crippen LogP contribution in [-0.4, -0.2) is 25.6 Å². The molecular formula is C16H14ClF3N4O3S. The number of anilines is 2. The van der Waals surface area contributed by atoms with Gasteiger partial charge in [0, 0.05) is 23.9 Å². The first-order valence-corrected chi connectivity index (χ1v) is 9.72. The molecular weight excluding hydrogens is 421 g/mol. The van der Waals surface area contributed by atoms with Crippen LogP contribution < -0.4 is 10.0 Å². The van der Waals surface area contributed by atoms with Crippen LogP contribution in [0.5, 0.6) is 0 Å². The van der Waals surface area contributed by atoms with Gasteiger partial charge in [0.25, 0.3) is 0 Å². The Morgan fingerprint density at radius 1 is 1.25 bits per heavy atom. The zero-order chi connectivity index (χ0) is 20.5. The average molecular weight is 435 g/mol. The SMILES string of the molecule is CNS(=O)(=O)c1cnc(Nc2ccc(C(F)(F)F)cc2)c([C@@H]2CC(Cl)=NO2)c1. The van der Waals surface area contributed by atoms with Gasteiger partial charge in [-0.1, -0.05) is 16.8 Å². The van der Waals surface area contributed by atoms with Crippen LogP contribution in [0.15, 0.2) is 46.6 Å². The van der Waals surface area contributed by atoms with E-state index in [1.807, 2.05) is 0 Å². The summed E-state index contributed by atoms with van der Waals surface area (Å²) in [6.45, 7) is 0. The fraction of sp³-hybridized carbons (Fsp3) is 0.250. The second-order valence-corrected chi connectivity index (χ2v) is 8.11. The second kappa shape index (κ2) is 7.57. The van der Waals surface area contributed by atoms with Crippen molar-refractivity contribution in [2.75, 3.05) is 12.4 Å². The fourth-order valence-corrected chi connectivity index (χ4v) is 3.36. The molecule has 150 valence electrons. The Hall–Kier alpha value is -2.37. The number of aromatic nitrogens is 1. The van der Waals surface area contributed by atoms with E-state index in [1.54, 1.807) is 0 Å². The molecule has 1 aromatic carbocycles. The maximum atomic E-state index is 12.7. The molecule has 0 saturated heterocycles. The van der Waals surface area contributed by atoms with E-state index in [9.17, 15) is 21.6 Å².